The van der Waals surface area contributed by atoms with Crippen molar-refractivity contribution in [1.29, 1.82) is 0 Å². The molecule has 0 atom stereocenters. The van der Waals surface area contributed by atoms with Gasteiger partial charge in [-0.25, -0.2) is 0 Å². The zero-order chi connectivity index (χ0) is 9.97. The maximum Gasteiger partial charge on any atom is 0.0394 e. The van der Waals surface area contributed by atoms with Gasteiger partial charge in [0, 0.05) is 11.1 Å². The number of benzene rings is 2. The van der Waals surface area contributed by atoms with Gasteiger partial charge >= 0.3 is 0 Å². The standard InChI is InChI=1S/C13H13N/c1-2-5-10-8-9-13(14)12-7-4-3-6-11(10)12/h2-9H,14H2,1H3. The molecule has 0 amide bonds. The predicted molar refractivity (Wildman–Crippen MR) is 63.1 cm³/mol. The van der Waals surface area contributed by atoms with Crippen molar-refractivity contribution in [2.75, 3.05) is 5.73 Å². The summed E-state index contributed by atoms with van der Waals surface area (Å²) < 4.78 is 0. The highest BCUT2D eigenvalue weighted by Crippen LogP contribution is 2.25. The number of nitrogens with two attached hydrogens (primary N) is 1. The first kappa shape index (κ1) is 8.82. The monoisotopic (exact) mass is 183 g/mol. The molecule has 0 saturated carbocycles. The Morgan fingerprint density at radius 1 is 1.00 bits per heavy atom. The van der Waals surface area contributed by atoms with Crippen molar-refractivity contribution >= 4 is 22.5 Å². The second kappa shape index (κ2) is 3.54. The molecule has 1 nitrogen and oxygen atoms in total. The van der Waals surface area contributed by atoms with Crippen LogP contribution in [0.1, 0.15) is 12.5 Å². The van der Waals surface area contributed by atoms with E-state index in [1.54, 1.807) is 0 Å². The van der Waals surface area contributed by atoms with Crippen molar-refractivity contribution in [2.24, 2.45) is 0 Å². The van der Waals surface area contributed by atoms with Crippen LogP contribution in [0, 0.1) is 0 Å². The van der Waals surface area contributed by atoms with Gasteiger partial charge in [0.15, 0.2) is 0 Å². The molecule has 0 spiro atoms. The van der Waals surface area contributed by atoms with Crippen LogP contribution < -0.4 is 5.73 Å². The summed E-state index contributed by atoms with van der Waals surface area (Å²) in [6.45, 7) is 2.02. The van der Waals surface area contributed by atoms with Crippen molar-refractivity contribution in [3.8, 4) is 0 Å². The first-order valence-corrected chi connectivity index (χ1v) is 4.73. The Balaban J connectivity index is 2.81. The minimum Gasteiger partial charge on any atom is -0.398 e. The van der Waals surface area contributed by atoms with Gasteiger partial charge < -0.3 is 5.73 Å². The Labute approximate surface area is 83.9 Å². The molecule has 0 aromatic heterocycles. The molecule has 0 heterocycles. The third-order valence-electron chi connectivity index (χ3n) is 2.34. The van der Waals surface area contributed by atoms with Gasteiger partial charge in [0.25, 0.3) is 0 Å². The number of fused-ring (bicyclic) bond motifs is 1. The molecule has 2 rings (SSSR count). The van der Waals surface area contributed by atoms with Crippen LogP contribution in [-0.4, -0.2) is 0 Å². The highest BCUT2D eigenvalue weighted by molar-refractivity contribution is 5.98. The van der Waals surface area contributed by atoms with E-state index in [4.69, 9.17) is 5.73 Å². The number of anilines is 1. The fourth-order valence-electron chi connectivity index (χ4n) is 1.67. The summed E-state index contributed by atoms with van der Waals surface area (Å²) in [5, 5.41) is 2.34. The summed E-state index contributed by atoms with van der Waals surface area (Å²) in [6, 6.07) is 12.2. The fraction of sp³-hybridized carbons (Fsp3) is 0.0769. The minimum atomic E-state index is 0.842. The highest BCUT2D eigenvalue weighted by atomic mass is 14.5. The summed E-state index contributed by atoms with van der Waals surface area (Å²) in [6.07, 6.45) is 4.14. The molecule has 14 heavy (non-hydrogen) atoms. The van der Waals surface area contributed by atoms with Crippen LogP contribution in [0.15, 0.2) is 42.5 Å². The summed E-state index contributed by atoms with van der Waals surface area (Å²) in [5.74, 6) is 0. The maximum absolute atomic E-state index is 5.90. The molecular formula is C13H13N. The Morgan fingerprint density at radius 2 is 1.71 bits per heavy atom. The SMILES string of the molecule is CC=Cc1ccc(N)c2ccccc12. The van der Waals surface area contributed by atoms with Crippen LogP contribution in [0.3, 0.4) is 0 Å². The van der Waals surface area contributed by atoms with Crippen molar-refractivity contribution in [2.45, 2.75) is 6.92 Å². The molecule has 0 aliphatic rings. The Hall–Kier alpha value is -1.76. The second-order valence-electron chi connectivity index (χ2n) is 3.29. The van der Waals surface area contributed by atoms with E-state index in [9.17, 15) is 0 Å². The zero-order valence-corrected chi connectivity index (χ0v) is 8.20. The molecule has 2 aromatic carbocycles. The lowest BCUT2D eigenvalue weighted by Crippen LogP contribution is -1.87. The summed E-state index contributed by atoms with van der Waals surface area (Å²) in [7, 11) is 0. The number of nitrogen functional groups attached to an aromatic ring is 1. The van der Waals surface area contributed by atoms with E-state index in [-0.39, 0.29) is 0 Å². The maximum atomic E-state index is 5.90. The van der Waals surface area contributed by atoms with Crippen LogP contribution in [0.5, 0.6) is 0 Å². The minimum absolute atomic E-state index is 0.842. The Morgan fingerprint density at radius 3 is 2.43 bits per heavy atom. The average Bonchev–Trinajstić information content (AvgIpc) is 2.23. The first-order valence-electron chi connectivity index (χ1n) is 4.73. The molecule has 0 radical (unpaired) electrons. The molecule has 2 N–H and O–H groups in total. The van der Waals surface area contributed by atoms with Crippen LogP contribution in [0.2, 0.25) is 0 Å². The van der Waals surface area contributed by atoms with Gasteiger partial charge in [-0.2, -0.15) is 0 Å². The van der Waals surface area contributed by atoms with Gasteiger partial charge in [-0.1, -0.05) is 42.5 Å². The van der Waals surface area contributed by atoms with Crippen LogP contribution in [-0.2, 0) is 0 Å². The molecule has 0 saturated heterocycles. The van der Waals surface area contributed by atoms with Crippen molar-refractivity contribution in [3.63, 3.8) is 0 Å². The summed E-state index contributed by atoms with van der Waals surface area (Å²) in [5.41, 5.74) is 7.96. The lowest BCUT2D eigenvalue weighted by Gasteiger charge is -2.04. The van der Waals surface area contributed by atoms with E-state index in [2.05, 4.69) is 24.3 Å². The van der Waals surface area contributed by atoms with Crippen LogP contribution >= 0.6 is 0 Å². The van der Waals surface area contributed by atoms with E-state index < -0.39 is 0 Å². The normalized spacial score (nSPS) is 11.2. The van der Waals surface area contributed by atoms with Gasteiger partial charge in [-0.3, -0.25) is 0 Å². The Bertz CT molecular complexity index is 484. The van der Waals surface area contributed by atoms with Crippen LogP contribution in [0.25, 0.3) is 16.8 Å². The van der Waals surface area contributed by atoms with E-state index in [1.165, 1.54) is 10.9 Å². The number of allylic oxidation sites excluding steroid dienone is 1. The third kappa shape index (κ3) is 1.37. The largest absolute Gasteiger partial charge is 0.398 e. The Kier molecular flexibility index (Phi) is 2.23. The van der Waals surface area contributed by atoms with Crippen LogP contribution in [0.4, 0.5) is 5.69 Å². The van der Waals surface area contributed by atoms with Gasteiger partial charge in [-0.15, -0.1) is 0 Å². The first-order chi connectivity index (χ1) is 6.83. The van der Waals surface area contributed by atoms with E-state index >= 15 is 0 Å². The molecule has 0 fully saturated rings. The van der Waals surface area contributed by atoms with Crippen molar-refractivity contribution in [3.05, 3.63) is 48.0 Å². The van der Waals surface area contributed by atoms with Gasteiger partial charge in [-0.05, 0) is 23.9 Å². The highest BCUT2D eigenvalue weighted by Gasteiger charge is 1.99. The predicted octanol–water partition coefficient (Wildman–Crippen LogP) is 3.46. The second-order valence-corrected chi connectivity index (χ2v) is 3.29. The average molecular weight is 183 g/mol. The molecule has 1 heteroatoms. The molecule has 0 bridgehead atoms. The zero-order valence-electron chi connectivity index (χ0n) is 8.20. The lowest BCUT2D eigenvalue weighted by atomic mass is 10.0. The van der Waals surface area contributed by atoms with Crippen molar-refractivity contribution in [1.82, 2.24) is 0 Å². The molecule has 0 aliphatic heterocycles. The van der Waals surface area contributed by atoms with E-state index in [0.29, 0.717) is 0 Å². The van der Waals surface area contributed by atoms with Gasteiger partial charge in [0.2, 0.25) is 0 Å². The smallest absolute Gasteiger partial charge is 0.0394 e. The van der Waals surface area contributed by atoms with E-state index in [1.807, 2.05) is 31.2 Å². The quantitative estimate of drug-likeness (QED) is 0.673. The molecular weight excluding hydrogens is 170 g/mol. The molecule has 2 aromatic rings. The lowest BCUT2D eigenvalue weighted by molar-refractivity contribution is 1.68. The summed E-state index contributed by atoms with van der Waals surface area (Å²) >= 11 is 0. The summed E-state index contributed by atoms with van der Waals surface area (Å²) in [4.78, 5) is 0. The molecule has 70 valence electrons. The van der Waals surface area contributed by atoms with Crippen molar-refractivity contribution < 1.29 is 0 Å². The third-order valence-corrected chi connectivity index (χ3v) is 2.34. The topological polar surface area (TPSA) is 26.0 Å². The van der Waals surface area contributed by atoms with Gasteiger partial charge in [0.05, 0.1) is 0 Å². The number of hydrogen-bond donors (Lipinski definition) is 1. The fourth-order valence-corrected chi connectivity index (χ4v) is 1.67. The number of rotatable bonds is 1. The molecule has 0 aliphatic carbocycles. The number of hydrogen-bond acceptors (Lipinski definition) is 1. The molecule has 0 unspecified atom stereocenters. The van der Waals surface area contributed by atoms with E-state index in [0.717, 1.165) is 11.1 Å². The van der Waals surface area contributed by atoms with Gasteiger partial charge in [0.1, 0.15) is 0 Å².